The topological polar surface area (TPSA) is 60.0 Å². The van der Waals surface area contributed by atoms with Crippen LogP contribution in [0.1, 0.15) is 40.4 Å². The number of hydrogen-bond acceptors (Lipinski definition) is 3. The van der Waals surface area contributed by atoms with Gasteiger partial charge in [-0.2, -0.15) is 0 Å². The highest BCUT2D eigenvalue weighted by molar-refractivity contribution is 6.30. The molecule has 0 radical (unpaired) electrons. The minimum absolute atomic E-state index is 0.00551. The zero-order chi connectivity index (χ0) is 22.2. The number of aliphatic imine (C=N–C) groups is 1. The third kappa shape index (κ3) is 6.45. The molecule has 1 atom stereocenters. The van der Waals surface area contributed by atoms with Crippen LogP contribution in [0.3, 0.4) is 0 Å². The Kier molecular flexibility index (Phi) is 8.32. The smallest absolute Gasteiger partial charge is 0.253 e. The quantitative estimate of drug-likeness (QED) is 0.509. The molecule has 7 heteroatoms. The van der Waals surface area contributed by atoms with Crippen LogP contribution < -0.4 is 10.6 Å². The van der Waals surface area contributed by atoms with Gasteiger partial charge in [-0.1, -0.05) is 35.9 Å². The van der Waals surface area contributed by atoms with Crippen molar-refractivity contribution in [1.29, 1.82) is 0 Å². The molecule has 0 aliphatic carbocycles. The van der Waals surface area contributed by atoms with Crippen molar-refractivity contribution in [3.05, 3.63) is 70.2 Å². The zero-order valence-electron chi connectivity index (χ0n) is 18.6. The zero-order valence-corrected chi connectivity index (χ0v) is 19.3. The molecule has 1 unspecified atom stereocenters. The van der Waals surface area contributed by atoms with Crippen LogP contribution in [0, 0.1) is 0 Å². The van der Waals surface area contributed by atoms with Crippen molar-refractivity contribution in [2.24, 2.45) is 4.99 Å². The largest absolute Gasteiger partial charge is 0.354 e. The van der Waals surface area contributed by atoms with Gasteiger partial charge in [0, 0.05) is 44.8 Å². The van der Waals surface area contributed by atoms with Crippen molar-refractivity contribution >= 4 is 23.5 Å². The van der Waals surface area contributed by atoms with E-state index in [1.165, 1.54) is 18.4 Å². The summed E-state index contributed by atoms with van der Waals surface area (Å²) in [5.41, 5.74) is 2.99. The van der Waals surface area contributed by atoms with Gasteiger partial charge in [-0.15, -0.1) is 0 Å². The average molecular weight is 442 g/mol. The van der Waals surface area contributed by atoms with Gasteiger partial charge < -0.3 is 15.5 Å². The highest BCUT2D eigenvalue weighted by Gasteiger charge is 2.23. The lowest BCUT2D eigenvalue weighted by Gasteiger charge is -2.29. The van der Waals surface area contributed by atoms with E-state index in [4.69, 9.17) is 11.6 Å². The first-order valence-electron chi connectivity index (χ1n) is 10.7. The fourth-order valence-corrected chi connectivity index (χ4v) is 4.05. The Morgan fingerprint density at radius 2 is 1.84 bits per heavy atom. The van der Waals surface area contributed by atoms with E-state index in [1.54, 1.807) is 26.0 Å². The summed E-state index contributed by atoms with van der Waals surface area (Å²) in [6, 6.07) is 16.0. The van der Waals surface area contributed by atoms with Crippen molar-refractivity contribution in [3.63, 3.8) is 0 Å². The molecule has 1 saturated heterocycles. The Labute approximate surface area is 190 Å². The van der Waals surface area contributed by atoms with Crippen molar-refractivity contribution in [2.45, 2.75) is 25.4 Å². The summed E-state index contributed by atoms with van der Waals surface area (Å²) < 4.78 is 0. The maximum absolute atomic E-state index is 12.0. The molecular weight excluding hydrogens is 410 g/mol. The number of guanidine groups is 1. The summed E-state index contributed by atoms with van der Waals surface area (Å²) in [5.74, 6) is 0.755. The van der Waals surface area contributed by atoms with Gasteiger partial charge in [0.1, 0.15) is 0 Å². The molecule has 2 N–H and O–H groups in total. The van der Waals surface area contributed by atoms with E-state index in [1.807, 2.05) is 36.4 Å². The molecule has 0 saturated carbocycles. The molecule has 0 bridgehead atoms. The second-order valence-electron chi connectivity index (χ2n) is 8.02. The van der Waals surface area contributed by atoms with Crippen molar-refractivity contribution in [2.75, 3.05) is 40.8 Å². The van der Waals surface area contributed by atoms with Crippen LogP contribution in [0.15, 0.2) is 53.5 Å². The van der Waals surface area contributed by atoms with E-state index in [-0.39, 0.29) is 11.9 Å². The normalized spacial score (nSPS) is 15.5. The molecular formula is C24H32ClN5O. The number of rotatable bonds is 7. The van der Waals surface area contributed by atoms with Crippen LogP contribution in [0.2, 0.25) is 5.02 Å². The van der Waals surface area contributed by atoms with Crippen LogP contribution in [-0.2, 0) is 6.54 Å². The molecule has 2 aromatic rings. The van der Waals surface area contributed by atoms with Crippen LogP contribution in [0.25, 0.3) is 0 Å². The lowest BCUT2D eigenvalue weighted by molar-refractivity contribution is 0.0827. The van der Waals surface area contributed by atoms with Crippen LogP contribution in [0.4, 0.5) is 0 Å². The summed E-state index contributed by atoms with van der Waals surface area (Å²) in [5, 5.41) is 7.60. The van der Waals surface area contributed by atoms with Crippen LogP contribution in [-0.4, -0.2) is 62.4 Å². The number of carbonyl (C=O) groups excluding carboxylic acids is 1. The fraction of sp³-hybridized carbons (Fsp3) is 0.417. The van der Waals surface area contributed by atoms with E-state index < -0.39 is 0 Å². The number of amides is 1. The standard InChI is InChI=1S/C24H32ClN5O/c1-26-24(27-16-18-9-11-19(12-10-18)23(31)29(2)3)28-17-22(30-13-4-5-14-30)20-7-6-8-21(25)15-20/h6-12,15,22H,4-5,13-14,16-17H2,1-3H3,(H2,26,27,28). The molecule has 1 aliphatic rings. The summed E-state index contributed by atoms with van der Waals surface area (Å²) >= 11 is 6.25. The van der Waals surface area contributed by atoms with Crippen molar-refractivity contribution in [1.82, 2.24) is 20.4 Å². The molecule has 1 amide bonds. The highest BCUT2D eigenvalue weighted by atomic mass is 35.5. The van der Waals surface area contributed by atoms with E-state index in [0.717, 1.165) is 36.2 Å². The molecule has 2 aromatic carbocycles. The second kappa shape index (κ2) is 11.2. The number of likely N-dealkylation sites (tertiary alicyclic amines) is 1. The van der Waals surface area contributed by atoms with Crippen molar-refractivity contribution < 1.29 is 4.79 Å². The van der Waals surface area contributed by atoms with Gasteiger partial charge in [0.2, 0.25) is 0 Å². The SMILES string of the molecule is CN=C(NCc1ccc(C(=O)N(C)C)cc1)NCC(c1cccc(Cl)c1)N1CCCC1. The summed E-state index contributed by atoms with van der Waals surface area (Å²) in [6.45, 7) is 3.57. The third-order valence-corrected chi connectivity index (χ3v) is 5.80. The molecule has 3 rings (SSSR count). The number of hydrogen-bond donors (Lipinski definition) is 2. The summed E-state index contributed by atoms with van der Waals surface area (Å²) in [6.07, 6.45) is 2.47. The van der Waals surface area contributed by atoms with E-state index in [2.05, 4.69) is 32.7 Å². The summed E-state index contributed by atoms with van der Waals surface area (Å²) in [4.78, 5) is 20.5. The Morgan fingerprint density at radius 3 is 2.45 bits per heavy atom. The molecule has 1 heterocycles. The van der Waals surface area contributed by atoms with E-state index in [9.17, 15) is 4.79 Å². The number of halogens is 1. The van der Waals surface area contributed by atoms with Gasteiger partial charge in [0.15, 0.2) is 5.96 Å². The Morgan fingerprint density at radius 1 is 1.13 bits per heavy atom. The van der Waals surface area contributed by atoms with Crippen molar-refractivity contribution in [3.8, 4) is 0 Å². The van der Waals surface area contributed by atoms with E-state index >= 15 is 0 Å². The van der Waals surface area contributed by atoms with Crippen LogP contribution in [0.5, 0.6) is 0 Å². The maximum atomic E-state index is 12.0. The first-order chi connectivity index (χ1) is 15.0. The highest BCUT2D eigenvalue weighted by Crippen LogP contribution is 2.26. The van der Waals surface area contributed by atoms with E-state index in [0.29, 0.717) is 12.1 Å². The monoisotopic (exact) mass is 441 g/mol. The molecule has 1 aliphatic heterocycles. The lowest BCUT2D eigenvalue weighted by atomic mass is 10.1. The average Bonchev–Trinajstić information content (AvgIpc) is 3.30. The summed E-state index contributed by atoms with van der Waals surface area (Å²) in [7, 11) is 5.29. The molecule has 0 aromatic heterocycles. The first-order valence-corrected chi connectivity index (χ1v) is 11.1. The minimum atomic E-state index is 0.00551. The molecule has 31 heavy (non-hydrogen) atoms. The first kappa shape index (κ1) is 23.1. The lowest BCUT2D eigenvalue weighted by Crippen LogP contribution is -2.42. The van der Waals surface area contributed by atoms with Gasteiger partial charge in [0.25, 0.3) is 5.91 Å². The molecule has 0 spiro atoms. The van der Waals surface area contributed by atoms with Crippen LogP contribution >= 0.6 is 11.6 Å². The Bertz CT molecular complexity index is 891. The Balaban J connectivity index is 1.59. The maximum Gasteiger partial charge on any atom is 0.253 e. The van der Waals surface area contributed by atoms with Gasteiger partial charge in [-0.3, -0.25) is 14.7 Å². The molecule has 6 nitrogen and oxygen atoms in total. The van der Waals surface area contributed by atoms with Gasteiger partial charge >= 0.3 is 0 Å². The second-order valence-corrected chi connectivity index (χ2v) is 8.45. The third-order valence-electron chi connectivity index (χ3n) is 5.57. The number of carbonyl (C=O) groups is 1. The predicted octanol–water partition coefficient (Wildman–Crippen LogP) is 3.54. The number of nitrogens with zero attached hydrogens (tertiary/aromatic N) is 3. The number of benzene rings is 2. The minimum Gasteiger partial charge on any atom is -0.354 e. The number of nitrogens with one attached hydrogen (secondary N) is 2. The molecule has 166 valence electrons. The predicted molar refractivity (Wildman–Crippen MR) is 128 cm³/mol. The van der Waals surface area contributed by atoms with Gasteiger partial charge in [-0.05, 0) is 61.3 Å². The fourth-order valence-electron chi connectivity index (χ4n) is 3.85. The van der Waals surface area contributed by atoms with Gasteiger partial charge in [-0.25, -0.2) is 0 Å². The molecule has 1 fully saturated rings. The van der Waals surface area contributed by atoms with Gasteiger partial charge in [0.05, 0.1) is 6.04 Å². The Hall–Kier alpha value is -2.57.